The third kappa shape index (κ3) is 8.56. The first-order chi connectivity index (χ1) is 17.4. The Hall–Kier alpha value is -3.05. The standard InChI is InChI=1S/C31H38N2O2S/c1-5-25(4)32-31(35)29(19-26-11-7-6-8-12-26)33(20-28-13-9-10-24(3)18-28)30(34)22-36-21-27-16-14-23(2)15-17-27/h6-18,25,29H,5,19-22H2,1-4H3,(H,32,35)/t25-,29+/m1/s1. The molecule has 0 aromatic heterocycles. The second kappa shape index (κ2) is 13.9. The smallest absolute Gasteiger partial charge is 0.243 e. The van der Waals surface area contributed by atoms with Crippen LogP contribution in [0.1, 0.15) is 48.1 Å². The van der Waals surface area contributed by atoms with Gasteiger partial charge < -0.3 is 10.2 Å². The van der Waals surface area contributed by atoms with Gasteiger partial charge in [0.2, 0.25) is 11.8 Å². The van der Waals surface area contributed by atoms with E-state index in [1.54, 1.807) is 16.7 Å². The van der Waals surface area contributed by atoms with Crippen LogP contribution < -0.4 is 5.32 Å². The molecule has 190 valence electrons. The largest absolute Gasteiger partial charge is 0.352 e. The predicted octanol–water partition coefficient (Wildman–Crippen LogP) is 6.09. The Bertz CT molecular complexity index is 1110. The van der Waals surface area contributed by atoms with Crippen molar-refractivity contribution in [2.75, 3.05) is 5.75 Å². The van der Waals surface area contributed by atoms with E-state index in [-0.39, 0.29) is 17.9 Å². The molecule has 0 fully saturated rings. The lowest BCUT2D eigenvalue weighted by molar-refractivity contribution is -0.139. The summed E-state index contributed by atoms with van der Waals surface area (Å²) in [5.41, 5.74) is 5.62. The number of hydrogen-bond donors (Lipinski definition) is 1. The molecular weight excluding hydrogens is 464 g/mol. The number of hydrogen-bond acceptors (Lipinski definition) is 3. The molecule has 4 nitrogen and oxygen atoms in total. The second-order valence-electron chi connectivity index (χ2n) is 9.51. The lowest BCUT2D eigenvalue weighted by atomic mass is 10.0. The van der Waals surface area contributed by atoms with Gasteiger partial charge >= 0.3 is 0 Å². The fraction of sp³-hybridized carbons (Fsp3) is 0.355. The quantitative estimate of drug-likeness (QED) is 0.326. The van der Waals surface area contributed by atoms with E-state index < -0.39 is 6.04 Å². The van der Waals surface area contributed by atoms with Crippen molar-refractivity contribution in [1.82, 2.24) is 10.2 Å². The van der Waals surface area contributed by atoms with Gasteiger partial charge in [-0.05, 0) is 43.9 Å². The Morgan fingerprint density at radius 2 is 1.56 bits per heavy atom. The van der Waals surface area contributed by atoms with Crippen LogP contribution in [0.2, 0.25) is 0 Å². The third-order valence-corrected chi connectivity index (χ3v) is 7.31. The fourth-order valence-electron chi connectivity index (χ4n) is 4.03. The highest BCUT2D eigenvalue weighted by atomic mass is 32.2. The van der Waals surface area contributed by atoms with E-state index in [2.05, 4.69) is 49.5 Å². The van der Waals surface area contributed by atoms with E-state index in [0.29, 0.717) is 18.7 Å². The van der Waals surface area contributed by atoms with Gasteiger partial charge in [-0.1, -0.05) is 96.9 Å². The Balaban J connectivity index is 1.85. The van der Waals surface area contributed by atoms with Gasteiger partial charge in [-0.25, -0.2) is 0 Å². The van der Waals surface area contributed by atoms with Gasteiger partial charge in [0.25, 0.3) is 0 Å². The van der Waals surface area contributed by atoms with Gasteiger partial charge in [0.05, 0.1) is 5.75 Å². The summed E-state index contributed by atoms with van der Waals surface area (Å²) in [6.45, 7) is 8.57. The maximum atomic E-state index is 13.7. The van der Waals surface area contributed by atoms with Crippen LogP contribution in [0.4, 0.5) is 0 Å². The molecule has 0 bridgehead atoms. The number of nitrogens with zero attached hydrogens (tertiary/aromatic N) is 1. The van der Waals surface area contributed by atoms with Crippen molar-refractivity contribution in [1.29, 1.82) is 0 Å². The van der Waals surface area contributed by atoms with Gasteiger partial charge in [-0.2, -0.15) is 0 Å². The zero-order valence-corrected chi connectivity index (χ0v) is 22.7. The minimum atomic E-state index is -0.589. The summed E-state index contributed by atoms with van der Waals surface area (Å²) in [6.07, 6.45) is 1.31. The highest BCUT2D eigenvalue weighted by Gasteiger charge is 2.30. The number of amides is 2. The minimum absolute atomic E-state index is 0.0196. The third-order valence-electron chi connectivity index (χ3n) is 6.32. The van der Waals surface area contributed by atoms with E-state index in [9.17, 15) is 9.59 Å². The van der Waals surface area contributed by atoms with Crippen molar-refractivity contribution >= 4 is 23.6 Å². The Morgan fingerprint density at radius 3 is 2.22 bits per heavy atom. The molecule has 0 aliphatic heterocycles. The molecule has 0 radical (unpaired) electrons. The van der Waals surface area contributed by atoms with Gasteiger partial charge in [-0.3, -0.25) is 9.59 Å². The first-order valence-corrected chi connectivity index (χ1v) is 13.8. The van der Waals surface area contributed by atoms with E-state index >= 15 is 0 Å². The van der Waals surface area contributed by atoms with Crippen molar-refractivity contribution in [2.45, 2.75) is 64.9 Å². The highest BCUT2D eigenvalue weighted by molar-refractivity contribution is 7.99. The summed E-state index contributed by atoms with van der Waals surface area (Å²) in [7, 11) is 0. The van der Waals surface area contributed by atoms with Crippen LogP contribution in [0.5, 0.6) is 0 Å². The van der Waals surface area contributed by atoms with Crippen LogP contribution in [0.15, 0.2) is 78.9 Å². The van der Waals surface area contributed by atoms with E-state index in [0.717, 1.165) is 28.9 Å². The van der Waals surface area contributed by atoms with Crippen LogP contribution in [-0.4, -0.2) is 34.6 Å². The summed E-state index contributed by atoms with van der Waals surface area (Å²) >= 11 is 1.59. The zero-order valence-electron chi connectivity index (χ0n) is 21.9. The lowest BCUT2D eigenvalue weighted by Gasteiger charge is -2.32. The number of rotatable bonds is 12. The SMILES string of the molecule is CC[C@@H](C)NC(=O)[C@H](Cc1ccccc1)N(Cc1cccc(C)c1)C(=O)CSCc1ccc(C)cc1. The average molecular weight is 503 g/mol. The summed E-state index contributed by atoms with van der Waals surface area (Å²) in [4.78, 5) is 29.0. The molecule has 1 N–H and O–H groups in total. The van der Waals surface area contributed by atoms with Gasteiger partial charge in [0, 0.05) is 24.8 Å². The molecule has 2 amide bonds. The molecule has 0 aliphatic rings. The molecule has 36 heavy (non-hydrogen) atoms. The van der Waals surface area contributed by atoms with Crippen LogP contribution in [0, 0.1) is 13.8 Å². The Labute approximate surface area is 220 Å². The van der Waals surface area contributed by atoms with Crippen molar-refractivity contribution in [3.05, 3.63) is 107 Å². The lowest BCUT2D eigenvalue weighted by Crippen LogP contribution is -2.52. The molecule has 0 spiro atoms. The summed E-state index contributed by atoms with van der Waals surface area (Å²) in [6, 6.07) is 26.0. The van der Waals surface area contributed by atoms with Crippen molar-refractivity contribution < 1.29 is 9.59 Å². The maximum Gasteiger partial charge on any atom is 0.243 e. The second-order valence-corrected chi connectivity index (χ2v) is 10.5. The Morgan fingerprint density at radius 1 is 0.861 bits per heavy atom. The molecule has 3 rings (SSSR count). The predicted molar refractivity (Wildman–Crippen MR) is 151 cm³/mol. The van der Waals surface area contributed by atoms with Gasteiger partial charge in [0.15, 0.2) is 0 Å². The fourth-order valence-corrected chi connectivity index (χ4v) is 4.90. The minimum Gasteiger partial charge on any atom is -0.352 e. The molecule has 2 atom stereocenters. The molecule has 3 aromatic rings. The molecule has 0 unspecified atom stereocenters. The molecule has 0 heterocycles. The number of thioether (sulfide) groups is 1. The normalized spacial score (nSPS) is 12.6. The van der Waals surface area contributed by atoms with Crippen LogP contribution >= 0.6 is 11.8 Å². The van der Waals surface area contributed by atoms with E-state index in [4.69, 9.17) is 0 Å². The van der Waals surface area contributed by atoms with E-state index in [1.165, 1.54) is 11.1 Å². The topological polar surface area (TPSA) is 49.4 Å². The molecular formula is C31H38N2O2S. The molecule has 0 saturated carbocycles. The van der Waals surface area contributed by atoms with Crippen LogP contribution in [0.25, 0.3) is 0 Å². The van der Waals surface area contributed by atoms with Crippen LogP contribution in [-0.2, 0) is 28.3 Å². The summed E-state index contributed by atoms with van der Waals surface area (Å²) in [5, 5.41) is 3.13. The number of carbonyl (C=O) groups is 2. The van der Waals surface area contributed by atoms with E-state index in [1.807, 2.05) is 62.4 Å². The number of aryl methyl sites for hydroxylation is 2. The van der Waals surface area contributed by atoms with Gasteiger partial charge in [-0.15, -0.1) is 11.8 Å². The Kier molecular flexibility index (Phi) is 10.6. The number of carbonyl (C=O) groups excluding carboxylic acids is 2. The van der Waals surface area contributed by atoms with Gasteiger partial charge in [0.1, 0.15) is 6.04 Å². The zero-order chi connectivity index (χ0) is 25.9. The van der Waals surface area contributed by atoms with Crippen molar-refractivity contribution in [3.63, 3.8) is 0 Å². The highest BCUT2D eigenvalue weighted by Crippen LogP contribution is 2.19. The maximum absolute atomic E-state index is 13.7. The number of benzene rings is 3. The van der Waals surface area contributed by atoms with Crippen molar-refractivity contribution in [3.8, 4) is 0 Å². The first kappa shape index (κ1) is 27.5. The van der Waals surface area contributed by atoms with Crippen LogP contribution in [0.3, 0.4) is 0 Å². The first-order valence-electron chi connectivity index (χ1n) is 12.7. The van der Waals surface area contributed by atoms with Crippen molar-refractivity contribution in [2.24, 2.45) is 0 Å². The number of nitrogens with one attached hydrogen (secondary N) is 1. The molecule has 0 aliphatic carbocycles. The summed E-state index contributed by atoms with van der Waals surface area (Å²) in [5.74, 6) is 0.959. The molecule has 5 heteroatoms. The summed E-state index contributed by atoms with van der Waals surface area (Å²) < 4.78 is 0. The molecule has 3 aromatic carbocycles. The monoisotopic (exact) mass is 502 g/mol. The molecule has 0 saturated heterocycles. The average Bonchev–Trinajstić information content (AvgIpc) is 2.87.